The van der Waals surface area contributed by atoms with Crippen LogP contribution in [0, 0.1) is 40.9 Å². The van der Waals surface area contributed by atoms with Crippen LogP contribution in [-0.4, -0.2) is 0 Å². The maximum atomic E-state index is 8.85. The highest BCUT2D eigenvalue weighted by molar-refractivity contribution is 6.33. The van der Waals surface area contributed by atoms with Crippen LogP contribution in [0.25, 0.3) is 0 Å². The van der Waals surface area contributed by atoms with Crippen molar-refractivity contribution in [2.45, 2.75) is 6.92 Å². The van der Waals surface area contributed by atoms with Crippen LogP contribution in [0.2, 0.25) is 5.02 Å². The number of anilines is 1. The Labute approximate surface area is 104 Å². The molecule has 0 bridgehead atoms. The highest BCUT2D eigenvalue weighted by atomic mass is 35.5. The lowest BCUT2D eigenvalue weighted by Gasteiger charge is -2.07. The minimum Gasteiger partial charge on any atom is -0.344 e. The summed E-state index contributed by atoms with van der Waals surface area (Å²) >= 11 is 5.96. The van der Waals surface area contributed by atoms with Crippen molar-refractivity contribution in [3.8, 4) is 18.2 Å². The molecule has 0 aliphatic carbocycles. The molecule has 17 heavy (non-hydrogen) atoms. The number of rotatable bonds is 2. The van der Waals surface area contributed by atoms with E-state index in [1.807, 2.05) is 13.0 Å². The average molecular weight is 243 g/mol. The SMILES string of the molecule is Cc1ccc(NC(C#N)=C(C#N)C#N)c(Cl)c1. The molecule has 0 heterocycles. The molecule has 1 N–H and O–H groups in total. The molecule has 0 spiro atoms. The van der Waals surface area contributed by atoms with Gasteiger partial charge in [-0.2, -0.15) is 15.8 Å². The van der Waals surface area contributed by atoms with Crippen LogP contribution in [-0.2, 0) is 0 Å². The molecule has 4 nitrogen and oxygen atoms in total. The zero-order valence-electron chi connectivity index (χ0n) is 8.95. The van der Waals surface area contributed by atoms with Gasteiger partial charge in [0.15, 0.2) is 5.57 Å². The maximum Gasteiger partial charge on any atom is 0.163 e. The number of halogens is 1. The first-order valence-electron chi connectivity index (χ1n) is 4.60. The number of benzene rings is 1. The molecule has 5 heteroatoms. The van der Waals surface area contributed by atoms with Crippen molar-refractivity contribution in [2.24, 2.45) is 0 Å². The first kappa shape index (κ1) is 12.6. The first-order valence-corrected chi connectivity index (χ1v) is 4.98. The molecule has 82 valence electrons. The van der Waals surface area contributed by atoms with E-state index in [0.29, 0.717) is 10.7 Å². The Morgan fingerprint density at radius 1 is 1.18 bits per heavy atom. The molecule has 0 atom stereocenters. The van der Waals surface area contributed by atoms with E-state index in [1.54, 1.807) is 30.3 Å². The van der Waals surface area contributed by atoms with Gasteiger partial charge in [-0.1, -0.05) is 17.7 Å². The number of nitrogens with zero attached hydrogens (tertiary/aromatic N) is 3. The van der Waals surface area contributed by atoms with Crippen molar-refractivity contribution in [2.75, 3.05) is 5.32 Å². The van der Waals surface area contributed by atoms with Crippen LogP contribution in [0.3, 0.4) is 0 Å². The van der Waals surface area contributed by atoms with Gasteiger partial charge in [0, 0.05) is 0 Å². The molecule has 0 saturated carbocycles. The topological polar surface area (TPSA) is 83.4 Å². The van der Waals surface area contributed by atoms with Gasteiger partial charge in [-0.15, -0.1) is 0 Å². The highest BCUT2D eigenvalue weighted by Crippen LogP contribution is 2.24. The average Bonchev–Trinajstić information content (AvgIpc) is 2.32. The fourth-order valence-corrected chi connectivity index (χ4v) is 1.42. The van der Waals surface area contributed by atoms with Crippen LogP contribution in [0.4, 0.5) is 5.69 Å². The number of nitrogens with one attached hydrogen (secondary N) is 1. The Balaban J connectivity index is 3.16. The Morgan fingerprint density at radius 3 is 2.29 bits per heavy atom. The minimum absolute atomic E-state index is 0.110. The van der Waals surface area contributed by atoms with E-state index in [1.165, 1.54) is 0 Å². The molecular formula is C12H7ClN4. The normalized spacial score (nSPS) is 8.41. The zero-order chi connectivity index (χ0) is 12.8. The molecule has 0 unspecified atom stereocenters. The molecular weight excluding hydrogens is 236 g/mol. The van der Waals surface area contributed by atoms with Crippen molar-refractivity contribution in [1.29, 1.82) is 15.8 Å². The van der Waals surface area contributed by atoms with Crippen LogP contribution in [0.1, 0.15) is 5.56 Å². The third-order valence-electron chi connectivity index (χ3n) is 1.97. The minimum atomic E-state index is -0.274. The van der Waals surface area contributed by atoms with Gasteiger partial charge in [-0.25, -0.2) is 0 Å². The number of hydrogen-bond donors (Lipinski definition) is 1. The summed E-state index contributed by atoms with van der Waals surface area (Å²) in [6, 6.07) is 10.3. The summed E-state index contributed by atoms with van der Waals surface area (Å²) in [5, 5.41) is 29.3. The summed E-state index contributed by atoms with van der Waals surface area (Å²) < 4.78 is 0. The summed E-state index contributed by atoms with van der Waals surface area (Å²) in [7, 11) is 0. The van der Waals surface area contributed by atoms with Gasteiger partial charge >= 0.3 is 0 Å². The Morgan fingerprint density at radius 2 is 1.82 bits per heavy atom. The predicted octanol–water partition coefficient (Wildman–Crippen LogP) is 2.89. The molecule has 0 fully saturated rings. The van der Waals surface area contributed by atoms with E-state index in [9.17, 15) is 0 Å². The fourth-order valence-electron chi connectivity index (χ4n) is 1.14. The largest absolute Gasteiger partial charge is 0.344 e. The van der Waals surface area contributed by atoms with Crippen LogP contribution in [0.5, 0.6) is 0 Å². The molecule has 1 aromatic carbocycles. The maximum absolute atomic E-state index is 8.85. The second-order valence-electron chi connectivity index (χ2n) is 3.19. The van der Waals surface area contributed by atoms with Crippen LogP contribution >= 0.6 is 11.6 Å². The quantitative estimate of drug-likeness (QED) is 0.808. The molecule has 0 aromatic heterocycles. The van der Waals surface area contributed by atoms with E-state index >= 15 is 0 Å². The summed E-state index contributed by atoms with van der Waals surface area (Å²) in [5.41, 5.74) is 1.07. The second kappa shape index (κ2) is 5.56. The first-order chi connectivity index (χ1) is 8.12. The summed E-state index contributed by atoms with van der Waals surface area (Å²) in [4.78, 5) is 0. The van der Waals surface area contributed by atoms with Crippen molar-refractivity contribution >= 4 is 17.3 Å². The standard InChI is InChI=1S/C12H7ClN4/c1-8-2-3-11(10(13)4-8)17-12(7-16)9(5-14)6-15/h2-4,17H,1H3. The summed E-state index contributed by atoms with van der Waals surface area (Å²) in [6.45, 7) is 1.88. The molecule has 0 amide bonds. The van der Waals surface area contributed by atoms with Gasteiger partial charge in [-0.3, -0.25) is 0 Å². The fraction of sp³-hybridized carbons (Fsp3) is 0.0833. The molecule has 1 aromatic rings. The molecule has 0 aliphatic rings. The monoisotopic (exact) mass is 242 g/mol. The number of aryl methyl sites for hydroxylation is 1. The summed E-state index contributed by atoms with van der Waals surface area (Å²) in [5.74, 6) is 0. The third kappa shape index (κ3) is 2.98. The van der Waals surface area contributed by atoms with Crippen molar-refractivity contribution in [3.63, 3.8) is 0 Å². The molecule has 1 rings (SSSR count). The van der Waals surface area contributed by atoms with Gasteiger partial charge in [-0.05, 0) is 24.6 Å². The zero-order valence-corrected chi connectivity index (χ0v) is 9.71. The lowest BCUT2D eigenvalue weighted by molar-refractivity contribution is 1.36. The predicted molar refractivity (Wildman–Crippen MR) is 63.7 cm³/mol. The van der Waals surface area contributed by atoms with Crippen LogP contribution in [0.15, 0.2) is 29.5 Å². The van der Waals surface area contributed by atoms with E-state index in [-0.39, 0.29) is 11.3 Å². The van der Waals surface area contributed by atoms with Gasteiger partial charge in [0.25, 0.3) is 0 Å². The highest BCUT2D eigenvalue weighted by Gasteiger charge is 2.08. The Hall–Kier alpha value is -2.48. The van der Waals surface area contributed by atoms with Crippen LogP contribution < -0.4 is 5.32 Å². The van der Waals surface area contributed by atoms with E-state index in [4.69, 9.17) is 27.4 Å². The lowest BCUT2D eigenvalue weighted by Crippen LogP contribution is -2.01. The summed E-state index contributed by atoms with van der Waals surface area (Å²) in [6.07, 6.45) is 0. The van der Waals surface area contributed by atoms with Gasteiger partial charge in [0.1, 0.15) is 23.9 Å². The molecule has 0 radical (unpaired) electrons. The van der Waals surface area contributed by atoms with E-state index in [0.717, 1.165) is 5.56 Å². The number of allylic oxidation sites excluding steroid dienone is 2. The van der Waals surface area contributed by atoms with Crippen molar-refractivity contribution in [1.82, 2.24) is 0 Å². The second-order valence-corrected chi connectivity index (χ2v) is 3.60. The van der Waals surface area contributed by atoms with E-state index in [2.05, 4.69) is 5.32 Å². The Bertz CT molecular complexity index is 580. The van der Waals surface area contributed by atoms with Gasteiger partial charge in [0.2, 0.25) is 0 Å². The molecule has 0 aliphatic heterocycles. The lowest BCUT2D eigenvalue weighted by atomic mass is 10.2. The van der Waals surface area contributed by atoms with Gasteiger partial charge in [0.05, 0.1) is 10.7 Å². The smallest absolute Gasteiger partial charge is 0.163 e. The van der Waals surface area contributed by atoms with E-state index < -0.39 is 0 Å². The van der Waals surface area contributed by atoms with Crippen molar-refractivity contribution < 1.29 is 0 Å². The Kier molecular flexibility index (Phi) is 4.12. The van der Waals surface area contributed by atoms with Crippen molar-refractivity contribution in [3.05, 3.63) is 40.1 Å². The number of nitriles is 3. The number of hydrogen-bond acceptors (Lipinski definition) is 4. The van der Waals surface area contributed by atoms with Gasteiger partial charge < -0.3 is 5.32 Å². The third-order valence-corrected chi connectivity index (χ3v) is 2.28. The molecule has 0 saturated heterocycles.